The number of rotatable bonds is 6. The Morgan fingerprint density at radius 3 is 2.17 bits per heavy atom. The SMILES string of the molecule is CC(C)CCS(=O)(=O)N1CCN(S(=O)(=O)c2cccc(F)c2)CC1. The summed E-state index contributed by atoms with van der Waals surface area (Å²) in [6.07, 6.45) is 0.574. The van der Waals surface area contributed by atoms with Gasteiger partial charge in [-0.2, -0.15) is 8.61 Å². The van der Waals surface area contributed by atoms with Crippen molar-refractivity contribution in [3.05, 3.63) is 30.1 Å². The molecule has 0 aliphatic carbocycles. The molecule has 0 unspecified atom stereocenters. The van der Waals surface area contributed by atoms with E-state index in [0.29, 0.717) is 6.42 Å². The molecule has 9 heteroatoms. The van der Waals surface area contributed by atoms with E-state index in [0.717, 1.165) is 6.07 Å². The lowest BCUT2D eigenvalue weighted by Crippen LogP contribution is -2.51. The van der Waals surface area contributed by atoms with Crippen LogP contribution in [0.5, 0.6) is 0 Å². The Morgan fingerprint density at radius 2 is 1.62 bits per heavy atom. The van der Waals surface area contributed by atoms with E-state index in [2.05, 4.69) is 0 Å². The molecule has 0 N–H and O–H groups in total. The molecule has 1 aliphatic heterocycles. The van der Waals surface area contributed by atoms with Crippen LogP contribution in [0.1, 0.15) is 20.3 Å². The minimum Gasteiger partial charge on any atom is -0.212 e. The van der Waals surface area contributed by atoms with Crippen LogP contribution in [0.3, 0.4) is 0 Å². The van der Waals surface area contributed by atoms with Gasteiger partial charge in [0.15, 0.2) is 0 Å². The van der Waals surface area contributed by atoms with Crippen LogP contribution < -0.4 is 0 Å². The summed E-state index contributed by atoms with van der Waals surface area (Å²) in [6.45, 7) is 4.29. The third-order valence-corrected chi connectivity index (χ3v) is 7.78. The molecule has 1 aromatic carbocycles. The van der Waals surface area contributed by atoms with Gasteiger partial charge >= 0.3 is 0 Å². The minimum atomic E-state index is -3.81. The summed E-state index contributed by atoms with van der Waals surface area (Å²) in [5.74, 6) is -0.262. The molecule has 24 heavy (non-hydrogen) atoms. The Balaban J connectivity index is 2.04. The summed E-state index contributed by atoms with van der Waals surface area (Å²) in [5, 5.41) is 0. The molecule has 0 atom stereocenters. The first-order valence-electron chi connectivity index (χ1n) is 7.86. The molecule has 0 saturated carbocycles. The molecule has 1 heterocycles. The molecule has 1 aromatic rings. The summed E-state index contributed by atoms with van der Waals surface area (Å²) in [6, 6.07) is 4.83. The monoisotopic (exact) mass is 378 g/mol. The summed E-state index contributed by atoms with van der Waals surface area (Å²) >= 11 is 0. The molecular weight excluding hydrogens is 355 g/mol. The second-order valence-corrected chi connectivity index (χ2v) is 10.3. The van der Waals surface area contributed by atoms with Crippen LogP contribution in [0.25, 0.3) is 0 Å². The highest BCUT2D eigenvalue weighted by atomic mass is 32.2. The molecule has 0 radical (unpaired) electrons. The van der Waals surface area contributed by atoms with E-state index in [-0.39, 0.29) is 42.7 Å². The number of benzene rings is 1. The van der Waals surface area contributed by atoms with Crippen molar-refractivity contribution in [1.82, 2.24) is 8.61 Å². The van der Waals surface area contributed by atoms with Crippen molar-refractivity contribution in [1.29, 1.82) is 0 Å². The summed E-state index contributed by atoms with van der Waals surface area (Å²) < 4.78 is 65.4. The van der Waals surface area contributed by atoms with Crippen molar-refractivity contribution < 1.29 is 21.2 Å². The van der Waals surface area contributed by atoms with Gasteiger partial charge in [0.05, 0.1) is 10.6 Å². The van der Waals surface area contributed by atoms with Crippen molar-refractivity contribution in [2.75, 3.05) is 31.9 Å². The third-order valence-electron chi connectivity index (χ3n) is 3.98. The van der Waals surface area contributed by atoms with E-state index in [1.807, 2.05) is 13.8 Å². The van der Waals surface area contributed by atoms with Crippen LogP contribution in [0.15, 0.2) is 29.2 Å². The molecule has 0 aromatic heterocycles. The first-order chi connectivity index (χ1) is 11.1. The van der Waals surface area contributed by atoms with Gasteiger partial charge in [0, 0.05) is 26.2 Å². The molecule has 0 spiro atoms. The van der Waals surface area contributed by atoms with Crippen LogP contribution in [0.4, 0.5) is 4.39 Å². The summed E-state index contributed by atoms with van der Waals surface area (Å²) in [7, 11) is -7.17. The molecule has 0 amide bonds. The van der Waals surface area contributed by atoms with Crippen LogP contribution in [0, 0.1) is 11.7 Å². The number of halogens is 1. The highest BCUT2D eigenvalue weighted by Crippen LogP contribution is 2.20. The zero-order valence-corrected chi connectivity index (χ0v) is 15.5. The topological polar surface area (TPSA) is 74.8 Å². The quantitative estimate of drug-likeness (QED) is 0.752. The molecule has 6 nitrogen and oxygen atoms in total. The van der Waals surface area contributed by atoms with Gasteiger partial charge in [0.2, 0.25) is 20.0 Å². The Morgan fingerprint density at radius 1 is 1.04 bits per heavy atom. The van der Waals surface area contributed by atoms with Gasteiger partial charge in [-0.3, -0.25) is 0 Å². The number of piperazine rings is 1. The molecule has 0 bridgehead atoms. The van der Waals surface area contributed by atoms with Crippen molar-refractivity contribution >= 4 is 20.0 Å². The zero-order valence-electron chi connectivity index (χ0n) is 13.9. The normalized spacial score (nSPS) is 18.2. The summed E-state index contributed by atoms with van der Waals surface area (Å²) in [4.78, 5) is -0.112. The zero-order chi connectivity index (χ0) is 18.0. The largest absolute Gasteiger partial charge is 0.243 e. The maximum atomic E-state index is 13.3. The number of hydrogen-bond donors (Lipinski definition) is 0. The van der Waals surface area contributed by atoms with E-state index in [1.165, 1.54) is 26.8 Å². The lowest BCUT2D eigenvalue weighted by Gasteiger charge is -2.33. The van der Waals surface area contributed by atoms with Gasteiger partial charge in [0.1, 0.15) is 5.82 Å². The first-order valence-corrected chi connectivity index (χ1v) is 10.9. The lowest BCUT2D eigenvalue weighted by atomic mass is 10.2. The number of sulfonamides is 2. The standard InChI is InChI=1S/C15H23FN2O4S2/c1-13(2)6-11-23(19,20)17-7-9-18(10-8-17)24(21,22)15-5-3-4-14(16)12-15/h3-5,12-13H,6-11H2,1-2H3. The van der Waals surface area contributed by atoms with Crippen molar-refractivity contribution in [3.8, 4) is 0 Å². The maximum Gasteiger partial charge on any atom is 0.243 e. The van der Waals surface area contributed by atoms with Gasteiger partial charge in [-0.25, -0.2) is 21.2 Å². The number of hydrogen-bond acceptors (Lipinski definition) is 4. The van der Waals surface area contributed by atoms with Crippen molar-refractivity contribution in [2.45, 2.75) is 25.2 Å². The lowest BCUT2D eigenvalue weighted by molar-refractivity contribution is 0.272. The van der Waals surface area contributed by atoms with E-state index in [1.54, 1.807) is 0 Å². The average molecular weight is 378 g/mol. The Labute approximate surface area is 143 Å². The van der Waals surface area contributed by atoms with Gasteiger partial charge in [0.25, 0.3) is 0 Å². The van der Waals surface area contributed by atoms with E-state index >= 15 is 0 Å². The van der Waals surface area contributed by atoms with Crippen LogP contribution in [-0.2, 0) is 20.0 Å². The van der Waals surface area contributed by atoms with Gasteiger partial charge < -0.3 is 0 Å². The summed E-state index contributed by atoms with van der Waals surface area (Å²) in [5.41, 5.74) is 0. The van der Waals surface area contributed by atoms with Crippen LogP contribution >= 0.6 is 0 Å². The van der Waals surface area contributed by atoms with Crippen molar-refractivity contribution in [2.24, 2.45) is 5.92 Å². The minimum absolute atomic E-state index is 0.0692. The predicted molar refractivity (Wildman–Crippen MR) is 90.0 cm³/mol. The van der Waals surface area contributed by atoms with Gasteiger partial charge in [-0.1, -0.05) is 19.9 Å². The molecular formula is C15H23FN2O4S2. The van der Waals surface area contributed by atoms with E-state index in [4.69, 9.17) is 0 Å². The number of nitrogens with zero attached hydrogens (tertiary/aromatic N) is 2. The Hall–Kier alpha value is -1.03. The highest BCUT2D eigenvalue weighted by Gasteiger charge is 2.32. The van der Waals surface area contributed by atoms with Gasteiger partial charge in [-0.05, 0) is 30.5 Å². The van der Waals surface area contributed by atoms with Gasteiger partial charge in [-0.15, -0.1) is 0 Å². The van der Waals surface area contributed by atoms with E-state index < -0.39 is 25.9 Å². The Kier molecular flexibility index (Phi) is 6.00. The predicted octanol–water partition coefficient (Wildman–Crippen LogP) is 1.51. The van der Waals surface area contributed by atoms with Crippen LogP contribution in [0.2, 0.25) is 0 Å². The second kappa shape index (κ2) is 7.47. The smallest absolute Gasteiger partial charge is 0.212 e. The average Bonchev–Trinajstić information content (AvgIpc) is 2.53. The second-order valence-electron chi connectivity index (χ2n) is 6.26. The first kappa shape index (κ1) is 19.3. The fourth-order valence-electron chi connectivity index (χ4n) is 2.48. The molecule has 1 saturated heterocycles. The molecule has 2 rings (SSSR count). The fraction of sp³-hybridized carbons (Fsp3) is 0.600. The van der Waals surface area contributed by atoms with Crippen LogP contribution in [-0.4, -0.2) is 57.4 Å². The van der Waals surface area contributed by atoms with Crippen molar-refractivity contribution in [3.63, 3.8) is 0 Å². The molecule has 1 aliphatic rings. The van der Waals surface area contributed by atoms with E-state index in [9.17, 15) is 21.2 Å². The fourth-order valence-corrected chi connectivity index (χ4v) is 5.68. The maximum absolute atomic E-state index is 13.3. The molecule has 1 fully saturated rings. The molecule has 136 valence electrons. The third kappa shape index (κ3) is 4.53. The Bertz CT molecular complexity index is 770. The highest BCUT2D eigenvalue weighted by molar-refractivity contribution is 7.89.